The predicted octanol–water partition coefficient (Wildman–Crippen LogP) is 2.60. The second-order valence-electron chi connectivity index (χ2n) is 4.60. The van der Waals surface area contributed by atoms with Crippen molar-refractivity contribution in [3.8, 4) is 0 Å². The molecule has 1 saturated heterocycles. The predicted molar refractivity (Wildman–Crippen MR) is 45.5 cm³/mol. The van der Waals surface area contributed by atoms with Crippen molar-refractivity contribution in [3.05, 3.63) is 0 Å². The summed E-state index contributed by atoms with van der Waals surface area (Å²) in [6, 6.07) is 0. The average molecular weight is 154 g/mol. The third kappa shape index (κ3) is 1.58. The Labute approximate surface area is 69.1 Å². The van der Waals surface area contributed by atoms with Gasteiger partial charge in [-0.2, -0.15) is 0 Å². The molecule has 64 valence electrons. The van der Waals surface area contributed by atoms with Gasteiger partial charge in [0.1, 0.15) is 0 Å². The summed E-state index contributed by atoms with van der Waals surface area (Å²) in [4.78, 5) is 0. The summed E-state index contributed by atoms with van der Waals surface area (Å²) in [7, 11) is 0. The molecule has 1 nitrogen and oxygen atoms in total. The van der Waals surface area contributed by atoms with Gasteiger partial charge in [-0.1, -0.05) is 13.3 Å². The van der Waals surface area contributed by atoms with E-state index < -0.39 is 0 Å². The molecule has 1 heteroatoms. The zero-order chi connectivity index (χ0) is 7.73. The lowest BCUT2D eigenvalue weighted by Crippen LogP contribution is -2.28. The smallest absolute Gasteiger partial charge is 0.0495 e. The Kier molecular flexibility index (Phi) is 1.92. The Morgan fingerprint density at radius 2 is 2.27 bits per heavy atom. The van der Waals surface area contributed by atoms with E-state index >= 15 is 0 Å². The molecule has 2 fully saturated rings. The monoisotopic (exact) mass is 154 g/mol. The van der Waals surface area contributed by atoms with Gasteiger partial charge in [0.15, 0.2) is 0 Å². The highest BCUT2D eigenvalue weighted by atomic mass is 16.5. The molecule has 1 unspecified atom stereocenters. The van der Waals surface area contributed by atoms with Gasteiger partial charge in [-0.25, -0.2) is 0 Å². The van der Waals surface area contributed by atoms with E-state index in [9.17, 15) is 0 Å². The van der Waals surface area contributed by atoms with Crippen LogP contribution >= 0.6 is 0 Å². The minimum absolute atomic E-state index is 0.707. The first kappa shape index (κ1) is 7.60. The molecule has 1 aliphatic heterocycles. The number of hydrogen-bond donors (Lipinski definition) is 0. The SMILES string of the molecule is CC1(CC2CCOC2)CCC1. The molecule has 0 N–H and O–H groups in total. The molecule has 0 bridgehead atoms. The van der Waals surface area contributed by atoms with Gasteiger partial charge in [0, 0.05) is 13.2 Å². The van der Waals surface area contributed by atoms with Crippen LogP contribution in [-0.4, -0.2) is 13.2 Å². The first-order chi connectivity index (χ1) is 5.29. The van der Waals surface area contributed by atoms with Crippen LogP contribution in [0.15, 0.2) is 0 Å². The Morgan fingerprint density at radius 1 is 1.45 bits per heavy atom. The highest BCUT2D eigenvalue weighted by molar-refractivity contribution is 4.86. The molecular weight excluding hydrogens is 136 g/mol. The van der Waals surface area contributed by atoms with E-state index in [0.29, 0.717) is 5.41 Å². The molecule has 11 heavy (non-hydrogen) atoms. The van der Waals surface area contributed by atoms with Crippen LogP contribution < -0.4 is 0 Å². The summed E-state index contributed by atoms with van der Waals surface area (Å²) in [5, 5.41) is 0. The van der Waals surface area contributed by atoms with Crippen LogP contribution in [0, 0.1) is 11.3 Å². The molecule has 0 aromatic rings. The number of ether oxygens (including phenoxy) is 1. The van der Waals surface area contributed by atoms with Crippen molar-refractivity contribution in [1.82, 2.24) is 0 Å². The molecular formula is C10H18O. The fraction of sp³-hybridized carbons (Fsp3) is 1.00. The van der Waals surface area contributed by atoms with Crippen LogP contribution in [0.1, 0.15) is 39.0 Å². The lowest BCUT2D eigenvalue weighted by Gasteiger charge is -2.40. The van der Waals surface area contributed by atoms with E-state index in [1.807, 2.05) is 0 Å². The summed E-state index contributed by atoms with van der Waals surface area (Å²) in [6.07, 6.45) is 7.12. The summed E-state index contributed by atoms with van der Waals surface area (Å²) < 4.78 is 5.37. The van der Waals surface area contributed by atoms with Crippen LogP contribution in [-0.2, 0) is 4.74 Å². The lowest BCUT2D eigenvalue weighted by molar-refractivity contribution is 0.106. The van der Waals surface area contributed by atoms with Gasteiger partial charge in [0.25, 0.3) is 0 Å². The van der Waals surface area contributed by atoms with Crippen molar-refractivity contribution in [1.29, 1.82) is 0 Å². The van der Waals surface area contributed by atoms with Crippen molar-refractivity contribution in [3.63, 3.8) is 0 Å². The van der Waals surface area contributed by atoms with E-state index in [4.69, 9.17) is 4.74 Å². The maximum absolute atomic E-state index is 5.37. The molecule has 0 aromatic carbocycles. The molecule has 0 amide bonds. The Bertz CT molecular complexity index is 132. The van der Waals surface area contributed by atoms with E-state index in [1.165, 1.54) is 32.1 Å². The average Bonchev–Trinajstić information content (AvgIpc) is 2.36. The van der Waals surface area contributed by atoms with Gasteiger partial charge in [0.05, 0.1) is 0 Å². The van der Waals surface area contributed by atoms with Gasteiger partial charge >= 0.3 is 0 Å². The maximum atomic E-state index is 5.37. The van der Waals surface area contributed by atoms with E-state index in [1.54, 1.807) is 0 Å². The lowest BCUT2D eigenvalue weighted by atomic mass is 9.66. The third-order valence-electron chi connectivity index (χ3n) is 3.37. The largest absolute Gasteiger partial charge is 0.381 e. The second-order valence-corrected chi connectivity index (χ2v) is 4.60. The van der Waals surface area contributed by atoms with Gasteiger partial charge < -0.3 is 4.74 Å². The van der Waals surface area contributed by atoms with Crippen LogP contribution in [0.2, 0.25) is 0 Å². The molecule has 1 aliphatic carbocycles. The van der Waals surface area contributed by atoms with Crippen LogP contribution in [0.4, 0.5) is 0 Å². The minimum atomic E-state index is 0.707. The summed E-state index contributed by atoms with van der Waals surface area (Å²) in [5.74, 6) is 0.889. The Hall–Kier alpha value is -0.0400. The highest BCUT2D eigenvalue weighted by Crippen LogP contribution is 2.46. The normalized spacial score (nSPS) is 35.2. The molecule has 1 saturated carbocycles. The van der Waals surface area contributed by atoms with Gasteiger partial charge in [0.2, 0.25) is 0 Å². The van der Waals surface area contributed by atoms with Crippen LogP contribution in [0.25, 0.3) is 0 Å². The van der Waals surface area contributed by atoms with Crippen molar-refractivity contribution in [2.75, 3.05) is 13.2 Å². The zero-order valence-electron chi connectivity index (χ0n) is 7.44. The van der Waals surface area contributed by atoms with Crippen molar-refractivity contribution >= 4 is 0 Å². The molecule has 1 heterocycles. The second kappa shape index (κ2) is 2.78. The molecule has 2 aliphatic rings. The first-order valence-electron chi connectivity index (χ1n) is 4.86. The van der Waals surface area contributed by atoms with E-state index in [-0.39, 0.29) is 0 Å². The van der Waals surface area contributed by atoms with Crippen molar-refractivity contribution < 1.29 is 4.74 Å². The Balaban J connectivity index is 1.79. The third-order valence-corrected chi connectivity index (χ3v) is 3.37. The molecule has 0 aromatic heterocycles. The van der Waals surface area contributed by atoms with Crippen LogP contribution in [0.3, 0.4) is 0 Å². The summed E-state index contributed by atoms with van der Waals surface area (Å²) in [6.45, 7) is 4.49. The zero-order valence-corrected chi connectivity index (χ0v) is 7.44. The minimum Gasteiger partial charge on any atom is -0.381 e. The quantitative estimate of drug-likeness (QED) is 0.594. The fourth-order valence-corrected chi connectivity index (χ4v) is 2.43. The molecule has 2 rings (SSSR count). The van der Waals surface area contributed by atoms with Crippen molar-refractivity contribution in [2.45, 2.75) is 39.0 Å². The topological polar surface area (TPSA) is 9.23 Å². The van der Waals surface area contributed by atoms with Gasteiger partial charge in [-0.3, -0.25) is 0 Å². The number of rotatable bonds is 2. The summed E-state index contributed by atoms with van der Waals surface area (Å²) >= 11 is 0. The number of hydrogen-bond acceptors (Lipinski definition) is 1. The maximum Gasteiger partial charge on any atom is 0.0495 e. The summed E-state index contributed by atoms with van der Waals surface area (Å²) in [5.41, 5.74) is 0.707. The van der Waals surface area contributed by atoms with Gasteiger partial charge in [-0.05, 0) is 37.0 Å². The van der Waals surface area contributed by atoms with Gasteiger partial charge in [-0.15, -0.1) is 0 Å². The fourth-order valence-electron chi connectivity index (χ4n) is 2.43. The molecule has 0 spiro atoms. The molecule has 0 radical (unpaired) electrons. The van der Waals surface area contributed by atoms with Crippen molar-refractivity contribution in [2.24, 2.45) is 11.3 Å². The highest BCUT2D eigenvalue weighted by Gasteiger charge is 2.34. The first-order valence-corrected chi connectivity index (χ1v) is 4.86. The standard InChI is InChI=1S/C10H18O/c1-10(4-2-5-10)7-9-3-6-11-8-9/h9H,2-8H2,1H3. The van der Waals surface area contributed by atoms with E-state index in [0.717, 1.165) is 19.1 Å². The van der Waals surface area contributed by atoms with E-state index in [2.05, 4.69) is 6.92 Å². The molecule has 1 atom stereocenters. The Morgan fingerprint density at radius 3 is 2.73 bits per heavy atom. The van der Waals surface area contributed by atoms with Crippen LogP contribution in [0.5, 0.6) is 0 Å².